The molecule has 0 amide bonds. The van der Waals surface area contributed by atoms with Crippen LogP contribution in [0, 0.1) is 5.41 Å². The zero-order chi connectivity index (χ0) is 17.0. The van der Waals surface area contributed by atoms with Gasteiger partial charge in [-0.1, -0.05) is 53.0 Å². The van der Waals surface area contributed by atoms with Gasteiger partial charge in [-0.15, -0.1) is 0 Å². The number of hydrogen-bond acceptors (Lipinski definition) is 4. The van der Waals surface area contributed by atoms with Gasteiger partial charge in [0.15, 0.2) is 5.76 Å². The molecule has 126 valence electrons. The molecule has 0 heterocycles. The molecule has 4 nitrogen and oxygen atoms in total. The molecule has 0 aromatic carbocycles. The van der Waals surface area contributed by atoms with Gasteiger partial charge in [0, 0.05) is 13.3 Å². The van der Waals surface area contributed by atoms with Crippen LogP contribution in [0.1, 0.15) is 72.6 Å². The first-order chi connectivity index (χ1) is 10.2. The van der Waals surface area contributed by atoms with Crippen molar-refractivity contribution in [3.8, 4) is 0 Å². The molecule has 0 N–H and O–H groups in total. The van der Waals surface area contributed by atoms with Crippen LogP contribution in [0.2, 0.25) is 0 Å². The minimum absolute atomic E-state index is 0.158. The van der Waals surface area contributed by atoms with Gasteiger partial charge in [-0.3, -0.25) is 9.59 Å². The van der Waals surface area contributed by atoms with Crippen molar-refractivity contribution in [1.29, 1.82) is 0 Å². The van der Waals surface area contributed by atoms with Crippen molar-refractivity contribution in [3.05, 3.63) is 24.7 Å². The summed E-state index contributed by atoms with van der Waals surface area (Å²) >= 11 is 0. The van der Waals surface area contributed by atoms with E-state index in [4.69, 9.17) is 4.74 Å². The Morgan fingerprint density at radius 1 is 1.05 bits per heavy atom. The first-order valence-electron chi connectivity index (χ1n) is 7.95. The Morgan fingerprint density at radius 2 is 1.64 bits per heavy atom. The van der Waals surface area contributed by atoms with Gasteiger partial charge in [0.1, 0.15) is 6.26 Å². The van der Waals surface area contributed by atoms with E-state index in [2.05, 4.69) is 32.1 Å². The number of carbonyl (C=O) groups excluding carboxylic acids is 2. The van der Waals surface area contributed by atoms with Crippen LogP contribution < -0.4 is 0 Å². The fraction of sp³-hybridized carbons (Fsp3) is 0.667. The van der Waals surface area contributed by atoms with E-state index in [1.807, 2.05) is 0 Å². The molecule has 0 radical (unpaired) electrons. The average molecular weight is 310 g/mol. The Hall–Kier alpha value is -1.58. The number of ether oxygens (including phenoxy) is 2. The van der Waals surface area contributed by atoms with Gasteiger partial charge in [-0.05, 0) is 24.3 Å². The molecule has 0 aromatic heterocycles. The minimum Gasteiger partial charge on any atom is -0.431 e. The Kier molecular flexibility index (Phi) is 10.3. The standard InChI is InChI=1S/C18H30O4/c1-6-16(14-21-15(2)19)22-17(20)12-10-8-7-9-11-13-18(3,4)5/h6,14H,1,7-13H2,2-5H3/b16-14+. The first-order valence-corrected chi connectivity index (χ1v) is 7.95. The van der Waals surface area contributed by atoms with Crippen molar-refractivity contribution in [2.24, 2.45) is 5.41 Å². The van der Waals surface area contributed by atoms with Gasteiger partial charge < -0.3 is 9.47 Å². The zero-order valence-electron chi connectivity index (χ0n) is 14.4. The Morgan fingerprint density at radius 3 is 2.18 bits per heavy atom. The Balaban J connectivity index is 3.75. The van der Waals surface area contributed by atoms with E-state index < -0.39 is 5.97 Å². The van der Waals surface area contributed by atoms with E-state index in [9.17, 15) is 9.59 Å². The summed E-state index contributed by atoms with van der Waals surface area (Å²) in [7, 11) is 0. The van der Waals surface area contributed by atoms with Crippen molar-refractivity contribution >= 4 is 11.9 Å². The van der Waals surface area contributed by atoms with E-state index in [-0.39, 0.29) is 11.7 Å². The molecule has 0 unspecified atom stereocenters. The van der Waals surface area contributed by atoms with Crippen molar-refractivity contribution in [2.75, 3.05) is 0 Å². The molecule has 0 rings (SSSR count). The van der Waals surface area contributed by atoms with E-state index >= 15 is 0 Å². The summed E-state index contributed by atoms with van der Waals surface area (Å²) in [5, 5.41) is 0. The highest BCUT2D eigenvalue weighted by Gasteiger charge is 2.09. The molecule has 0 saturated heterocycles. The summed E-state index contributed by atoms with van der Waals surface area (Å²) in [4.78, 5) is 22.3. The molecule has 0 aliphatic carbocycles. The van der Waals surface area contributed by atoms with E-state index in [1.54, 1.807) is 0 Å². The van der Waals surface area contributed by atoms with Crippen LogP contribution in [0.5, 0.6) is 0 Å². The van der Waals surface area contributed by atoms with Gasteiger partial charge >= 0.3 is 11.9 Å². The molecule has 4 heteroatoms. The van der Waals surface area contributed by atoms with Crippen molar-refractivity contribution < 1.29 is 19.1 Å². The predicted octanol–water partition coefficient (Wildman–Crippen LogP) is 4.90. The number of unbranched alkanes of at least 4 members (excludes halogenated alkanes) is 4. The number of esters is 2. The lowest BCUT2D eigenvalue weighted by Crippen LogP contribution is -2.05. The second-order valence-corrected chi connectivity index (χ2v) is 6.64. The van der Waals surface area contributed by atoms with Crippen molar-refractivity contribution in [1.82, 2.24) is 0 Å². The third-order valence-corrected chi connectivity index (χ3v) is 3.08. The summed E-state index contributed by atoms with van der Waals surface area (Å²) in [5.74, 6) is -0.635. The number of carbonyl (C=O) groups is 2. The summed E-state index contributed by atoms with van der Waals surface area (Å²) in [6.07, 6.45) is 9.45. The Bertz CT molecular complexity index is 388. The van der Waals surface area contributed by atoms with Crippen LogP contribution in [-0.4, -0.2) is 11.9 Å². The minimum atomic E-state index is -0.467. The molecular formula is C18H30O4. The maximum absolute atomic E-state index is 11.6. The topological polar surface area (TPSA) is 52.6 Å². The lowest BCUT2D eigenvalue weighted by atomic mass is 9.89. The predicted molar refractivity (Wildman–Crippen MR) is 87.9 cm³/mol. The lowest BCUT2D eigenvalue weighted by Gasteiger charge is -2.17. The van der Waals surface area contributed by atoms with Gasteiger partial charge in [-0.2, -0.15) is 0 Å². The zero-order valence-corrected chi connectivity index (χ0v) is 14.4. The average Bonchev–Trinajstić information content (AvgIpc) is 2.40. The van der Waals surface area contributed by atoms with Crippen LogP contribution in [-0.2, 0) is 19.1 Å². The second-order valence-electron chi connectivity index (χ2n) is 6.64. The van der Waals surface area contributed by atoms with Gasteiger partial charge in [0.25, 0.3) is 0 Å². The molecule has 0 aliphatic heterocycles. The molecule has 0 aromatic rings. The summed E-state index contributed by atoms with van der Waals surface area (Å²) in [6.45, 7) is 11.5. The smallest absolute Gasteiger partial charge is 0.311 e. The summed E-state index contributed by atoms with van der Waals surface area (Å²) in [5.41, 5.74) is 0.402. The molecule has 0 bridgehead atoms. The molecular weight excluding hydrogens is 280 g/mol. The fourth-order valence-electron chi connectivity index (χ4n) is 1.89. The first kappa shape index (κ1) is 20.4. The number of rotatable bonds is 10. The number of allylic oxidation sites excluding steroid dienone is 1. The normalized spacial score (nSPS) is 11.9. The number of hydrogen-bond donors (Lipinski definition) is 0. The highest BCUT2D eigenvalue weighted by Crippen LogP contribution is 2.22. The SMILES string of the molecule is C=C/C(=C\OC(C)=O)OC(=O)CCCCCCCC(C)(C)C. The van der Waals surface area contributed by atoms with E-state index in [0.29, 0.717) is 11.8 Å². The Labute approximate surface area is 134 Å². The van der Waals surface area contributed by atoms with Crippen molar-refractivity contribution in [2.45, 2.75) is 72.6 Å². The summed E-state index contributed by atoms with van der Waals surface area (Å²) in [6, 6.07) is 0. The van der Waals surface area contributed by atoms with Crippen LogP contribution in [0.4, 0.5) is 0 Å². The fourth-order valence-corrected chi connectivity index (χ4v) is 1.89. The third-order valence-electron chi connectivity index (χ3n) is 3.08. The monoisotopic (exact) mass is 310 g/mol. The maximum Gasteiger partial charge on any atom is 0.311 e. The molecule has 22 heavy (non-hydrogen) atoms. The highest BCUT2D eigenvalue weighted by atomic mass is 16.6. The third kappa shape index (κ3) is 13.4. The van der Waals surface area contributed by atoms with Gasteiger partial charge in [-0.25, -0.2) is 0 Å². The quantitative estimate of drug-likeness (QED) is 0.249. The highest BCUT2D eigenvalue weighted by molar-refractivity contribution is 5.71. The van der Waals surface area contributed by atoms with Crippen molar-refractivity contribution in [3.63, 3.8) is 0 Å². The molecule has 0 aliphatic rings. The molecule has 0 spiro atoms. The second kappa shape index (κ2) is 11.0. The molecule has 0 atom stereocenters. The van der Waals surface area contributed by atoms with E-state index in [0.717, 1.165) is 25.5 Å². The summed E-state index contributed by atoms with van der Waals surface area (Å²) < 4.78 is 9.69. The molecule has 0 saturated carbocycles. The van der Waals surface area contributed by atoms with Crippen LogP contribution in [0.3, 0.4) is 0 Å². The molecule has 0 fully saturated rings. The lowest BCUT2D eigenvalue weighted by molar-refractivity contribution is -0.141. The van der Waals surface area contributed by atoms with E-state index in [1.165, 1.54) is 32.3 Å². The van der Waals surface area contributed by atoms with Gasteiger partial charge in [0.2, 0.25) is 0 Å². The van der Waals surface area contributed by atoms with Gasteiger partial charge in [0.05, 0.1) is 0 Å². The van der Waals surface area contributed by atoms with Crippen LogP contribution in [0.15, 0.2) is 24.7 Å². The van der Waals surface area contributed by atoms with Crippen LogP contribution >= 0.6 is 0 Å². The largest absolute Gasteiger partial charge is 0.431 e. The maximum atomic E-state index is 11.6. The van der Waals surface area contributed by atoms with Crippen LogP contribution in [0.25, 0.3) is 0 Å².